The Hall–Kier alpha value is -3.17. The molecule has 0 radical (unpaired) electrons. The van der Waals surface area contributed by atoms with E-state index in [0.717, 1.165) is 49.8 Å². The van der Waals surface area contributed by atoms with Gasteiger partial charge in [0.2, 0.25) is 0 Å². The minimum Gasteiger partial charge on any atom is -0.475 e. The number of hydrogen-bond acceptors (Lipinski definition) is 7. The number of furan rings is 1. The van der Waals surface area contributed by atoms with Gasteiger partial charge in [-0.2, -0.15) is 26.3 Å². The fourth-order valence-corrected chi connectivity index (χ4v) is 4.09. The molecular weight excluding hydrogens is 542 g/mol. The summed E-state index contributed by atoms with van der Waals surface area (Å²) in [7, 11) is 0. The fraction of sp³-hybridized carbons (Fsp3) is 0.542. The van der Waals surface area contributed by atoms with Crippen molar-refractivity contribution < 1.29 is 60.0 Å². The highest BCUT2D eigenvalue weighted by molar-refractivity contribution is 5.73. The molecule has 2 fully saturated rings. The number of ether oxygens (including phenoxy) is 2. The van der Waals surface area contributed by atoms with Gasteiger partial charge in [0.05, 0.1) is 32.5 Å². The number of hydrogen-bond donors (Lipinski definition) is 2. The minimum atomic E-state index is -5.08. The van der Waals surface area contributed by atoms with Crippen LogP contribution >= 0.6 is 0 Å². The Labute approximate surface area is 219 Å². The average Bonchev–Trinajstić information content (AvgIpc) is 3.46. The molecule has 3 unspecified atom stereocenters. The van der Waals surface area contributed by atoms with Crippen LogP contribution in [-0.2, 0) is 32.2 Å². The lowest BCUT2D eigenvalue weighted by Crippen LogP contribution is -2.50. The molecule has 9 nitrogen and oxygen atoms in total. The predicted octanol–water partition coefficient (Wildman–Crippen LogP) is 4.45. The molecule has 1 aliphatic carbocycles. The second-order valence-corrected chi connectivity index (χ2v) is 8.71. The molecule has 2 aliphatic rings. The number of pyridine rings is 1. The van der Waals surface area contributed by atoms with E-state index in [1.807, 2.05) is 25.3 Å². The van der Waals surface area contributed by atoms with Crippen LogP contribution in [0.1, 0.15) is 29.9 Å². The molecule has 0 amide bonds. The van der Waals surface area contributed by atoms with Crippen molar-refractivity contribution in [3.8, 4) is 0 Å². The number of nitrogens with zero attached hydrogens (tertiary/aromatic N) is 2. The number of carboxylic acids is 2. The number of fused-ring (bicyclic) bond motifs is 1. The van der Waals surface area contributed by atoms with Crippen LogP contribution in [-0.4, -0.2) is 76.3 Å². The first kappa shape index (κ1) is 32.0. The summed E-state index contributed by atoms with van der Waals surface area (Å²) in [5.41, 5.74) is 1.12. The summed E-state index contributed by atoms with van der Waals surface area (Å²) >= 11 is 0. The van der Waals surface area contributed by atoms with Gasteiger partial charge in [0, 0.05) is 30.9 Å². The van der Waals surface area contributed by atoms with Gasteiger partial charge in [-0.05, 0) is 43.5 Å². The molecule has 3 atom stereocenters. The van der Waals surface area contributed by atoms with Gasteiger partial charge in [-0.15, -0.1) is 0 Å². The van der Waals surface area contributed by atoms with Crippen LogP contribution in [0.2, 0.25) is 0 Å². The molecular formula is C24H28F6N2O7. The lowest BCUT2D eigenvalue weighted by molar-refractivity contribution is -0.193. The van der Waals surface area contributed by atoms with Gasteiger partial charge >= 0.3 is 24.3 Å². The van der Waals surface area contributed by atoms with Gasteiger partial charge in [0.25, 0.3) is 0 Å². The van der Waals surface area contributed by atoms with Gasteiger partial charge in [-0.1, -0.05) is 6.07 Å². The fourth-order valence-electron chi connectivity index (χ4n) is 4.09. The van der Waals surface area contributed by atoms with Crippen LogP contribution in [0.3, 0.4) is 0 Å². The van der Waals surface area contributed by atoms with E-state index in [9.17, 15) is 26.3 Å². The number of aryl methyl sites for hydroxylation is 1. The van der Waals surface area contributed by atoms with Crippen molar-refractivity contribution in [1.29, 1.82) is 0 Å². The number of carboxylic acid groups (broad SMARTS) is 2. The van der Waals surface area contributed by atoms with Crippen molar-refractivity contribution in [1.82, 2.24) is 9.88 Å². The third kappa shape index (κ3) is 10.8. The Bertz CT molecular complexity index is 1020. The van der Waals surface area contributed by atoms with Crippen molar-refractivity contribution >= 4 is 11.9 Å². The number of rotatable bonds is 6. The van der Waals surface area contributed by atoms with E-state index >= 15 is 0 Å². The van der Waals surface area contributed by atoms with E-state index < -0.39 is 24.3 Å². The zero-order valence-corrected chi connectivity index (χ0v) is 20.7. The van der Waals surface area contributed by atoms with Crippen LogP contribution in [0.25, 0.3) is 0 Å². The van der Waals surface area contributed by atoms with Crippen molar-refractivity contribution in [3.63, 3.8) is 0 Å². The summed E-state index contributed by atoms with van der Waals surface area (Å²) < 4.78 is 81.3. The molecule has 15 heteroatoms. The predicted molar refractivity (Wildman–Crippen MR) is 121 cm³/mol. The van der Waals surface area contributed by atoms with Crippen molar-refractivity contribution in [3.05, 3.63) is 53.7 Å². The Kier molecular flexibility index (Phi) is 11.7. The second-order valence-electron chi connectivity index (χ2n) is 8.71. The summed E-state index contributed by atoms with van der Waals surface area (Å²) in [5, 5.41) is 14.2. The van der Waals surface area contributed by atoms with E-state index in [0.29, 0.717) is 18.6 Å². The molecule has 2 aromatic heterocycles. The first-order valence-electron chi connectivity index (χ1n) is 11.7. The number of alkyl halides is 6. The maximum atomic E-state index is 10.6. The average molecular weight is 570 g/mol. The lowest BCUT2D eigenvalue weighted by Gasteiger charge is -2.38. The van der Waals surface area contributed by atoms with Crippen LogP contribution in [0.4, 0.5) is 26.3 Å². The molecule has 1 aliphatic heterocycles. The molecule has 4 rings (SSSR count). The first-order chi connectivity index (χ1) is 18.2. The highest BCUT2D eigenvalue weighted by atomic mass is 19.4. The molecule has 0 spiro atoms. The summed E-state index contributed by atoms with van der Waals surface area (Å²) in [5.74, 6) is -3.01. The van der Waals surface area contributed by atoms with Crippen molar-refractivity contribution in [2.75, 3.05) is 19.8 Å². The zero-order chi connectivity index (χ0) is 29.2. The molecule has 0 aromatic carbocycles. The van der Waals surface area contributed by atoms with Gasteiger partial charge < -0.3 is 24.1 Å². The smallest absolute Gasteiger partial charge is 0.475 e. The second kappa shape index (κ2) is 14.3. The normalized spacial score (nSPS) is 21.2. The van der Waals surface area contributed by atoms with Gasteiger partial charge in [-0.25, -0.2) is 9.59 Å². The first-order valence-corrected chi connectivity index (χ1v) is 11.7. The minimum absolute atomic E-state index is 0.277. The monoisotopic (exact) mass is 570 g/mol. The molecule has 0 bridgehead atoms. The Morgan fingerprint density at radius 1 is 1.08 bits per heavy atom. The molecule has 1 saturated heterocycles. The summed E-state index contributed by atoms with van der Waals surface area (Å²) in [4.78, 5) is 24.4. The van der Waals surface area contributed by atoms with E-state index in [4.69, 9.17) is 33.7 Å². The van der Waals surface area contributed by atoms with E-state index in [2.05, 4.69) is 22.0 Å². The maximum absolute atomic E-state index is 10.6. The van der Waals surface area contributed by atoms with Crippen LogP contribution in [0, 0.1) is 12.8 Å². The highest BCUT2D eigenvalue weighted by Crippen LogP contribution is 2.35. The Balaban J connectivity index is 0.000000317. The van der Waals surface area contributed by atoms with Crippen LogP contribution in [0.5, 0.6) is 0 Å². The third-order valence-electron chi connectivity index (χ3n) is 5.80. The van der Waals surface area contributed by atoms with Gasteiger partial charge in [0.1, 0.15) is 11.5 Å². The number of carbonyl (C=O) groups is 2. The Morgan fingerprint density at radius 2 is 1.72 bits per heavy atom. The largest absolute Gasteiger partial charge is 0.490 e. The topological polar surface area (TPSA) is 122 Å². The molecule has 2 N–H and O–H groups in total. The molecule has 218 valence electrons. The SMILES string of the molecule is Cc1ccc(CN2CCOC3C(COCc4cccnc4)CCC32)o1.O=C(O)C(F)(F)F.O=C(O)C(F)(F)F. The molecule has 3 heterocycles. The van der Waals surface area contributed by atoms with Crippen LogP contribution in [0.15, 0.2) is 41.1 Å². The molecule has 2 aromatic rings. The van der Waals surface area contributed by atoms with Gasteiger partial charge in [0.15, 0.2) is 0 Å². The number of aromatic nitrogens is 1. The van der Waals surface area contributed by atoms with E-state index in [-0.39, 0.29) is 6.10 Å². The number of morpholine rings is 1. The quantitative estimate of drug-likeness (QED) is 0.485. The Morgan fingerprint density at radius 3 is 2.23 bits per heavy atom. The zero-order valence-electron chi connectivity index (χ0n) is 20.7. The molecule has 1 saturated carbocycles. The maximum Gasteiger partial charge on any atom is 0.490 e. The van der Waals surface area contributed by atoms with Crippen LogP contribution < -0.4 is 0 Å². The number of halogens is 6. The van der Waals surface area contributed by atoms with Gasteiger partial charge in [-0.3, -0.25) is 9.88 Å². The van der Waals surface area contributed by atoms with Crippen molar-refractivity contribution in [2.24, 2.45) is 5.92 Å². The number of aliphatic carboxylic acids is 2. The summed E-state index contributed by atoms with van der Waals surface area (Å²) in [6, 6.07) is 8.60. The van der Waals surface area contributed by atoms with Crippen molar-refractivity contribution in [2.45, 2.75) is 57.4 Å². The highest BCUT2D eigenvalue weighted by Gasteiger charge is 2.43. The lowest BCUT2D eigenvalue weighted by atomic mass is 10.0. The summed E-state index contributed by atoms with van der Waals surface area (Å²) in [6.07, 6.45) is -3.90. The van der Waals surface area contributed by atoms with E-state index in [1.165, 1.54) is 6.42 Å². The molecule has 39 heavy (non-hydrogen) atoms. The standard InChI is InChI=1S/C20H26N2O3.2C2HF3O2/c1-15-4-6-18(25-15)12-22-9-10-24-20-17(5-7-19(20)22)14-23-13-16-3-2-8-21-11-16;2*3-2(4,5)1(6)7/h2-4,6,8,11,17,19-20H,5,7,9-10,12-14H2,1H3;2*(H,6,7). The summed E-state index contributed by atoms with van der Waals surface area (Å²) in [6.45, 7) is 6.02. The van der Waals surface area contributed by atoms with E-state index in [1.54, 1.807) is 6.20 Å². The third-order valence-corrected chi connectivity index (χ3v) is 5.80.